The molecule has 0 amide bonds. The summed E-state index contributed by atoms with van der Waals surface area (Å²) < 4.78 is 6.14. The van der Waals surface area contributed by atoms with Crippen LogP contribution < -0.4 is 10.5 Å². The second kappa shape index (κ2) is 4.55. The maximum Gasteiger partial charge on any atom is 0.133 e. The summed E-state index contributed by atoms with van der Waals surface area (Å²) in [5.74, 6) is 1.46. The van der Waals surface area contributed by atoms with Crippen LogP contribution in [0.15, 0.2) is 22.7 Å². The highest BCUT2D eigenvalue weighted by molar-refractivity contribution is 9.10. The highest BCUT2D eigenvalue weighted by Crippen LogP contribution is 2.45. The molecule has 0 atom stereocenters. The fraction of sp³-hybridized carbons (Fsp3) is 0.308. The lowest BCUT2D eigenvalue weighted by Gasteiger charge is -2.05. The van der Waals surface area contributed by atoms with Gasteiger partial charge in [-0.15, -0.1) is 11.3 Å². The molecule has 94 valence electrons. The number of hydrogen-bond donors (Lipinski definition) is 1. The first-order valence-corrected chi connectivity index (χ1v) is 7.40. The smallest absolute Gasteiger partial charge is 0.133 e. The molecule has 3 rings (SSSR count). The number of methoxy groups -OCH3 is 1. The SMILES string of the molecule is COc1ccc(-c2nc(C3CC3)sc2N)cc1Br. The van der Waals surface area contributed by atoms with Crippen LogP contribution in [-0.2, 0) is 0 Å². The Hall–Kier alpha value is -1.07. The van der Waals surface area contributed by atoms with E-state index in [-0.39, 0.29) is 0 Å². The van der Waals surface area contributed by atoms with Crippen molar-refractivity contribution < 1.29 is 4.74 Å². The van der Waals surface area contributed by atoms with Gasteiger partial charge in [-0.25, -0.2) is 4.98 Å². The molecule has 1 aliphatic carbocycles. The largest absolute Gasteiger partial charge is 0.496 e. The van der Waals surface area contributed by atoms with Crippen LogP contribution >= 0.6 is 27.3 Å². The molecule has 1 aliphatic rings. The molecule has 0 unspecified atom stereocenters. The molecule has 2 N–H and O–H groups in total. The summed E-state index contributed by atoms with van der Waals surface area (Å²) in [6.07, 6.45) is 2.50. The summed E-state index contributed by atoms with van der Waals surface area (Å²) in [4.78, 5) is 4.67. The molecule has 18 heavy (non-hydrogen) atoms. The van der Waals surface area contributed by atoms with Crippen LogP contribution in [0, 0.1) is 0 Å². The number of aromatic nitrogens is 1. The summed E-state index contributed by atoms with van der Waals surface area (Å²) >= 11 is 5.10. The van der Waals surface area contributed by atoms with Crippen molar-refractivity contribution in [2.75, 3.05) is 12.8 Å². The minimum atomic E-state index is 0.646. The Labute approximate surface area is 118 Å². The van der Waals surface area contributed by atoms with E-state index in [4.69, 9.17) is 10.5 Å². The predicted molar refractivity (Wildman–Crippen MR) is 78.2 cm³/mol. The number of nitrogens with zero attached hydrogens (tertiary/aromatic N) is 1. The van der Waals surface area contributed by atoms with E-state index in [1.165, 1.54) is 17.8 Å². The van der Waals surface area contributed by atoms with Crippen LogP contribution in [0.1, 0.15) is 23.8 Å². The number of ether oxygens (including phenoxy) is 1. The van der Waals surface area contributed by atoms with Gasteiger partial charge in [0.05, 0.1) is 16.6 Å². The summed E-state index contributed by atoms with van der Waals surface area (Å²) in [5, 5.41) is 1.98. The van der Waals surface area contributed by atoms with Gasteiger partial charge in [0.15, 0.2) is 0 Å². The van der Waals surface area contributed by atoms with Gasteiger partial charge in [-0.2, -0.15) is 0 Å². The van der Waals surface area contributed by atoms with E-state index >= 15 is 0 Å². The van der Waals surface area contributed by atoms with E-state index in [0.29, 0.717) is 5.92 Å². The zero-order chi connectivity index (χ0) is 12.7. The number of benzene rings is 1. The van der Waals surface area contributed by atoms with Crippen molar-refractivity contribution in [1.29, 1.82) is 0 Å². The fourth-order valence-corrected chi connectivity index (χ4v) is 3.44. The normalized spacial score (nSPS) is 14.8. The summed E-state index contributed by atoms with van der Waals surface area (Å²) in [6.45, 7) is 0. The van der Waals surface area contributed by atoms with Gasteiger partial charge < -0.3 is 10.5 Å². The van der Waals surface area contributed by atoms with Crippen LogP contribution in [-0.4, -0.2) is 12.1 Å². The van der Waals surface area contributed by atoms with Crippen LogP contribution in [0.2, 0.25) is 0 Å². The van der Waals surface area contributed by atoms with Gasteiger partial charge >= 0.3 is 0 Å². The number of rotatable bonds is 3. The highest BCUT2D eigenvalue weighted by atomic mass is 79.9. The Morgan fingerprint density at radius 2 is 2.22 bits per heavy atom. The van der Waals surface area contributed by atoms with E-state index in [0.717, 1.165) is 26.5 Å². The molecule has 1 heterocycles. The third-order valence-electron chi connectivity index (χ3n) is 3.02. The maximum atomic E-state index is 6.07. The lowest BCUT2D eigenvalue weighted by Crippen LogP contribution is -1.88. The first-order valence-electron chi connectivity index (χ1n) is 5.79. The van der Waals surface area contributed by atoms with E-state index in [2.05, 4.69) is 20.9 Å². The van der Waals surface area contributed by atoms with E-state index < -0.39 is 0 Å². The minimum Gasteiger partial charge on any atom is -0.496 e. The van der Waals surface area contributed by atoms with Crippen molar-refractivity contribution in [3.8, 4) is 17.0 Å². The molecule has 1 aromatic heterocycles. The van der Waals surface area contributed by atoms with Gasteiger partial charge in [0.1, 0.15) is 16.4 Å². The van der Waals surface area contributed by atoms with Crippen LogP contribution in [0.4, 0.5) is 5.00 Å². The quantitative estimate of drug-likeness (QED) is 0.926. The van der Waals surface area contributed by atoms with Gasteiger partial charge in [0, 0.05) is 11.5 Å². The molecule has 1 fully saturated rings. The molecule has 0 radical (unpaired) electrons. The standard InChI is InChI=1S/C13H13BrN2OS/c1-17-10-5-4-8(6-9(10)14)11-12(15)18-13(16-11)7-2-3-7/h4-7H,2-3,15H2,1H3. The van der Waals surface area contributed by atoms with Crippen LogP contribution in [0.5, 0.6) is 5.75 Å². The number of nitrogens with two attached hydrogens (primary N) is 1. The fourth-order valence-electron chi connectivity index (χ4n) is 1.87. The Morgan fingerprint density at radius 1 is 1.44 bits per heavy atom. The third kappa shape index (κ3) is 2.12. The molecule has 1 saturated carbocycles. The maximum absolute atomic E-state index is 6.07. The van der Waals surface area contributed by atoms with Gasteiger partial charge in [0.25, 0.3) is 0 Å². The molecular weight excluding hydrogens is 312 g/mol. The minimum absolute atomic E-state index is 0.646. The van der Waals surface area contributed by atoms with Gasteiger partial charge in [-0.1, -0.05) is 0 Å². The second-order valence-corrected chi connectivity index (χ2v) is 6.31. The topological polar surface area (TPSA) is 48.1 Å². The molecule has 0 saturated heterocycles. The number of thiazole rings is 1. The zero-order valence-corrected chi connectivity index (χ0v) is 12.3. The Balaban J connectivity index is 2.00. The number of anilines is 1. The molecule has 1 aromatic carbocycles. The summed E-state index contributed by atoms with van der Waals surface area (Å²) in [6, 6.07) is 5.92. The second-order valence-electron chi connectivity index (χ2n) is 4.39. The Bertz CT molecular complexity index is 593. The Kier molecular flexibility index (Phi) is 3.03. The summed E-state index contributed by atoms with van der Waals surface area (Å²) in [7, 11) is 1.65. The molecule has 3 nitrogen and oxygen atoms in total. The molecule has 0 spiro atoms. The van der Waals surface area contributed by atoms with E-state index in [9.17, 15) is 0 Å². The average molecular weight is 325 g/mol. The lowest BCUT2D eigenvalue weighted by atomic mass is 10.1. The molecule has 2 aromatic rings. The van der Waals surface area contributed by atoms with E-state index in [1.54, 1.807) is 18.4 Å². The zero-order valence-electron chi connectivity index (χ0n) is 9.94. The monoisotopic (exact) mass is 324 g/mol. The van der Waals surface area contributed by atoms with Crippen molar-refractivity contribution in [2.24, 2.45) is 0 Å². The van der Waals surface area contributed by atoms with Gasteiger partial charge in [-0.3, -0.25) is 0 Å². The van der Waals surface area contributed by atoms with Crippen molar-refractivity contribution in [2.45, 2.75) is 18.8 Å². The third-order valence-corrected chi connectivity index (χ3v) is 4.69. The van der Waals surface area contributed by atoms with Crippen molar-refractivity contribution in [1.82, 2.24) is 4.98 Å². The van der Waals surface area contributed by atoms with Gasteiger partial charge in [0.2, 0.25) is 0 Å². The van der Waals surface area contributed by atoms with Crippen LogP contribution in [0.25, 0.3) is 11.3 Å². The molecule has 0 bridgehead atoms. The first kappa shape index (κ1) is 12.0. The Morgan fingerprint density at radius 3 is 2.83 bits per heavy atom. The molecular formula is C13H13BrN2OS. The average Bonchev–Trinajstić information content (AvgIpc) is 3.13. The van der Waals surface area contributed by atoms with E-state index in [1.807, 2.05) is 18.2 Å². The summed E-state index contributed by atoms with van der Waals surface area (Å²) in [5.41, 5.74) is 7.99. The highest BCUT2D eigenvalue weighted by Gasteiger charge is 2.28. The van der Waals surface area contributed by atoms with Crippen LogP contribution in [0.3, 0.4) is 0 Å². The number of halogens is 1. The molecule has 0 aliphatic heterocycles. The van der Waals surface area contributed by atoms with Crippen molar-refractivity contribution in [3.05, 3.63) is 27.7 Å². The lowest BCUT2D eigenvalue weighted by molar-refractivity contribution is 0.412. The van der Waals surface area contributed by atoms with Gasteiger partial charge in [-0.05, 0) is 47.0 Å². The van der Waals surface area contributed by atoms with Crippen molar-refractivity contribution in [3.63, 3.8) is 0 Å². The van der Waals surface area contributed by atoms with Crippen molar-refractivity contribution >= 4 is 32.3 Å². The predicted octanol–water partition coefficient (Wildman–Crippen LogP) is 4.04. The molecule has 5 heteroatoms. The first-order chi connectivity index (χ1) is 8.69. The number of nitrogen functional groups attached to an aromatic ring is 1. The number of hydrogen-bond acceptors (Lipinski definition) is 4.